The van der Waals surface area contributed by atoms with E-state index < -0.39 is 0 Å². The average molecular weight is 350 g/mol. The van der Waals surface area contributed by atoms with Crippen molar-refractivity contribution in [3.8, 4) is 11.4 Å². The highest BCUT2D eigenvalue weighted by atomic mass is 32.1. The van der Waals surface area contributed by atoms with Crippen molar-refractivity contribution >= 4 is 17.2 Å². The number of fused-ring (bicyclic) bond motifs is 1. The van der Waals surface area contributed by atoms with Gasteiger partial charge in [0, 0.05) is 31.9 Å². The highest BCUT2D eigenvalue weighted by Crippen LogP contribution is 2.22. The van der Waals surface area contributed by atoms with E-state index in [0.29, 0.717) is 0 Å². The Kier molecular flexibility index (Phi) is 4.19. The van der Waals surface area contributed by atoms with Crippen molar-refractivity contribution in [3.63, 3.8) is 0 Å². The minimum Gasteiger partial charge on any atom is -0.497 e. The number of thiocarbonyl (C=S) groups is 1. The quantitative estimate of drug-likeness (QED) is 0.677. The van der Waals surface area contributed by atoms with Crippen molar-refractivity contribution in [1.29, 1.82) is 0 Å². The molecule has 0 saturated carbocycles. The number of ether oxygens (including phenoxy) is 1. The van der Waals surface area contributed by atoms with Gasteiger partial charge in [-0.3, -0.25) is 4.98 Å². The molecule has 0 fully saturated rings. The van der Waals surface area contributed by atoms with Gasteiger partial charge in [0.25, 0.3) is 0 Å². The number of methoxy groups -OCH3 is 1. The molecule has 4 rings (SSSR count). The largest absolute Gasteiger partial charge is 0.497 e. The predicted molar refractivity (Wildman–Crippen MR) is 100 cm³/mol. The number of nitrogens with zero attached hydrogens (tertiary/aromatic N) is 4. The van der Waals surface area contributed by atoms with Gasteiger partial charge in [0.2, 0.25) is 0 Å². The van der Waals surface area contributed by atoms with Crippen LogP contribution < -0.4 is 4.74 Å². The zero-order valence-corrected chi connectivity index (χ0v) is 14.7. The van der Waals surface area contributed by atoms with Crippen molar-refractivity contribution in [2.45, 2.75) is 13.0 Å². The second-order valence-corrected chi connectivity index (χ2v) is 6.36. The van der Waals surface area contributed by atoms with Gasteiger partial charge < -0.3 is 9.64 Å². The summed E-state index contributed by atoms with van der Waals surface area (Å²) >= 11 is 5.73. The van der Waals surface area contributed by atoms with E-state index in [0.717, 1.165) is 47.2 Å². The van der Waals surface area contributed by atoms with Crippen LogP contribution in [0.25, 0.3) is 5.69 Å². The zero-order valence-electron chi connectivity index (χ0n) is 13.9. The minimum atomic E-state index is 0.792. The van der Waals surface area contributed by atoms with Crippen LogP contribution in [-0.4, -0.2) is 38.3 Å². The van der Waals surface area contributed by atoms with Gasteiger partial charge in [0.05, 0.1) is 30.3 Å². The Balaban J connectivity index is 1.55. The highest BCUT2D eigenvalue weighted by Gasteiger charge is 2.24. The van der Waals surface area contributed by atoms with Crippen molar-refractivity contribution in [3.05, 3.63) is 71.8 Å². The van der Waals surface area contributed by atoms with E-state index in [1.54, 1.807) is 19.5 Å². The molecule has 126 valence electrons. The van der Waals surface area contributed by atoms with Gasteiger partial charge in [0.15, 0.2) is 0 Å². The molecule has 25 heavy (non-hydrogen) atoms. The fourth-order valence-corrected chi connectivity index (χ4v) is 3.34. The summed E-state index contributed by atoms with van der Waals surface area (Å²) in [4.78, 5) is 7.24. The first kappa shape index (κ1) is 15.8. The van der Waals surface area contributed by atoms with Crippen molar-refractivity contribution < 1.29 is 4.74 Å². The SMILES string of the molecule is COc1ccc(CN2CCc3nn(-c4cccnc4)cc3C2=S)cc1. The number of pyridine rings is 1. The van der Waals surface area contributed by atoms with Crippen LogP contribution in [0.15, 0.2) is 55.0 Å². The molecule has 0 bridgehead atoms. The Labute approximate surface area is 151 Å². The summed E-state index contributed by atoms with van der Waals surface area (Å²) in [7, 11) is 1.68. The molecule has 1 aliphatic rings. The lowest BCUT2D eigenvalue weighted by atomic mass is 10.1. The fraction of sp³-hybridized carbons (Fsp3) is 0.211. The Morgan fingerprint density at radius 2 is 2.04 bits per heavy atom. The van der Waals surface area contributed by atoms with Gasteiger partial charge in [0.1, 0.15) is 10.7 Å². The van der Waals surface area contributed by atoms with Crippen LogP contribution in [-0.2, 0) is 13.0 Å². The third-order valence-electron chi connectivity index (χ3n) is 4.37. The lowest BCUT2D eigenvalue weighted by Crippen LogP contribution is -2.35. The molecule has 0 aliphatic carbocycles. The van der Waals surface area contributed by atoms with E-state index in [4.69, 9.17) is 17.0 Å². The Hall–Kier alpha value is -2.73. The first-order chi connectivity index (χ1) is 12.2. The van der Waals surface area contributed by atoms with Gasteiger partial charge >= 0.3 is 0 Å². The molecule has 3 aromatic rings. The molecule has 0 amide bonds. The smallest absolute Gasteiger partial charge is 0.118 e. The molecule has 0 radical (unpaired) electrons. The standard InChI is InChI=1S/C19H18N4OS/c1-24-16-6-4-14(5-7-16)12-22-10-8-18-17(19(22)25)13-23(21-18)15-3-2-9-20-11-15/h2-7,9,11,13H,8,10,12H2,1H3. The van der Waals surface area contributed by atoms with E-state index in [9.17, 15) is 0 Å². The fourth-order valence-electron chi connectivity index (χ4n) is 3.01. The molecule has 1 aliphatic heterocycles. The highest BCUT2D eigenvalue weighted by molar-refractivity contribution is 7.80. The van der Waals surface area contributed by atoms with Gasteiger partial charge in [-0.1, -0.05) is 24.4 Å². The van der Waals surface area contributed by atoms with Crippen LogP contribution in [0.1, 0.15) is 16.8 Å². The Bertz CT molecular complexity index is 890. The van der Waals surface area contributed by atoms with Crippen LogP contribution in [0.3, 0.4) is 0 Å². The molecule has 0 unspecified atom stereocenters. The second-order valence-electron chi connectivity index (χ2n) is 5.97. The summed E-state index contributed by atoms with van der Waals surface area (Å²) in [6, 6.07) is 12.0. The number of hydrogen-bond acceptors (Lipinski definition) is 4. The molecule has 2 aromatic heterocycles. The minimum absolute atomic E-state index is 0.792. The van der Waals surface area contributed by atoms with Crippen molar-refractivity contribution in [2.24, 2.45) is 0 Å². The summed E-state index contributed by atoms with van der Waals surface area (Å²) in [6.07, 6.45) is 6.46. The first-order valence-corrected chi connectivity index (χ1v) is 8.56. The van der Waals surface area contributed by atoms with Crippen LogP contribution in [0.2, 0.25) is 0 Å². The lowest BCUT2D eigenvalue weighted by Gasteiger charge is -2.28. The molecule has 0 saturated heterocycles. The van der Waals surface area contributed by atoms with Gasteiger partial charge in [-0.05, 0) is 29.8 Å². The van der Waals surface area contributed by atoms with Crippen molar-refractivity contribution in [2.75, 3.05) is 13.7 Å². The molecular weight excluding hydrogens is 332 g/mol. The second kappa shape index (κ2) is 6.64. The number of hydrogen-bond donors (Lipinski definition) is 0. The van der Waals surface area contributed by atoms with Crippen molar-refractivity contribution in [1.82, 2.24) is 19.7 Å². The monoisotopic (exact) mass is 350 g/mol. The topological polar surface area (TPSA) is 43.2 Å². The summed E-state index contributed by atoms with van der Waals surface area (Å²) in [5.41, 5.74) is 4.26. The molecule has 5 nitrogen and oxygen atoms in total. The maximum atomic E-state index is 5.73. The molecule has 0 spiro atoms. The van der Waals surface area contributed by atoms with Crippen LogP contribution in [0.5, 0.6) is 5.75 Å². The molecule has 0 N–H and O–H groups in total. The van der Waals surface area contributed by atoms with Gasteiger partial charge in [-0.2, -0.15) is 5.10 Å². The van der Waals surface area contributed by atoms with E-state index >= 15 is 0 Å². The Morgan fingerprint density at radius 3 is 2.76 bits per heavy atom. The Morgan fingerprint density at radius 1 is 1.20 bits per heavy atom. The summed E-state index contributed by atoms with van der Waals surface area (Å²) in [5, 5.41) is 4.68. The zero-order chi connectivity index (χ0) is 17.2. The molecule has 0 atom stereocenters. The van der Waals surface area contributed by atoms with Gasteiger partial charge in [-0.15, -0.1) is 0 Å². The third-order valence-corrected chi connectivity index (χ3v) is 4.85. The number of aromatic nitrogens is 3. The lowest BCUT2D eigenvalue weighted by molar-refractivity contribution is 0.407. The predicted octanol–water partition coefficient (Wildman–Crippen LogP) is 3.01. The van der Waals surface area contributed by atoms with Crippen LogP contribution in [0.4, 0.5) is 0 Å². The third kappa shape index (κ3) is 3.13. The maximum absolute atomic E-state index is 5.73. The van der Waals surface area contributed by atoms with E-state index in [1.165, 1.54) is 5.56 Å². The molecule has 1 aromatic carbocycles. The number of rotatable bonds is 4. The first-order valence-electron chi connectivity index (χ1n) is 8.16. The summed E-state index contributed by atoms with van der Waals surface area (Å²) in [6.45, 7) is 1.67. The molecular formula is C19H18N4OS. The normalized spacial score (nSPS) is 13.6. The molecule has 3 heterocycles. The maximum Gasteiger partial charge on any atom is 0.118 e. The summed E-state index contributed by atoms with van der Waals surface area (Å²) in [5.74, 6) is 0.866. The number of benzene rings is 1. The summed E-state index contributed by atoms with van der Waals surface area (Å²) < 4.78 is 7.08. The van der Waals surface area contributed by atoms with E-state index in [2.05, 4.69) is 27.1 Å². The average Bonchev–Trinajstić information content (AvgIpc) is 3.11. The molecule has 6 heteroatoms. The van der Waals surface area contributed by atoms with E-state index in [1.807, 2.05) is 35.1 Å². The van der Waals surface area contributed by atoms with Crippen LogP contribution >= 0.6 is 12.2 Å². The van der Waals surface area contributed by atoms with Gasteiger partial charge in [-0.25, -0.2) is 4.68 Å². The van der Waals surface area contributed by atoms with Crippen LogP contribution in [0, 0.1) is 0 Å². The van der Waals surface area contributed by atoms with E-state index in [-0.39, 0.29) is 0 Å².